The first-order chi connectivity index (χ1) is 9.88. The molecule has 0 bridgehead atoms. The number of nitrogens with zero attached hydrogens (tertiary/aromatic N) is 2. The number of nitrogens with one attached hydrogen (secondary N) is 1. The number of rotatable bonds is 5. The van der Waals surface area contributed by atoms with Gasteiger partial charge >= 0.3 is 0 Å². The van der Waals surface area contributed by atoms with E-state index < -0.39 is 0 Å². The molecule has 0 radical (unpaired) electrons. The van der Waals surface area contributed by atoms with Crippen LogP contribution in [0.1, 0.15) is 11.3 Å². The molecule has 102 valence electrons. The highest BCUT2D eigenvalue weighted by Crippen LogP contribution is 2.20. The third-order valence-corrected chi connectivity index (χ3v) is 3.61. The van der Waals surface area contributed by atoms with Crippen molar-refractivity contribution in [2.45, 2.75) is 19.5 Å². The topological polar surface area (TPSA) is 29.9 Å². The lowest BCUT2D eigenvalue weighted by Crippen LogP contribution is -2.05. The fraction of sp³-hybridized carbons (Fsp3) is 0.235. The Morgan fingerprint density at radius 3 is 2.85 bits per heavy atom. The Labute approximate surface area is 119 Å². The van der Waals surface area contributed by atoms with E-state index in [2.05, 4.69) is 51.4 Å². The first kappa shape index (κ1) is 12.9. The number of benzene rings is 1. The van der Waals surface area contributed by atoms with Gasteiger partial charge in [-0.25, -0.2) is 0 Å². The normalized spacial score (nSPS) is 11.1. The van der Waals surface area contributed by atoms with E-state index in [9.17, 15) is 0 Å². The van der Waals surface area contributed by atoms with Crippen LogP contribution in [-0.2, 0) is 19.5 Å². The van der Waals surface area contributed by atoms with Crippen molar-refractivity contribution in [1.82, 2.24) is 14.9 Å². The molecule has 0 saturated heterocycles. The summed E-state index contributed by atoms with van der Waals surface area (Å²) in [7, 11) is 1.98. The van der Waals surface area contributed by atoms with Gasteiger partial charge in [0, 0.05) is 48.5 Å². The van der Waals surface area contributed by atoms with E-state index in [1.807, 2.05) is 25.4 Å². The summed E-state index contributed by atoms with van der Waals surface area (Å²) in [4.78, 5) is 4.38. The summed E-state index contributed by atoms with van der Waals surface area (Å²) in [6.45, 7) is 1.87. The van der Waals surface area contributed by atoms with Crippen LogP contribution in [0.3, 0.4) is 0 Å². The lowest BCUT2D eigenvalue weighted by molar-refractivity contribution is 0.710. The number of aromatic nitrogens is 2. The summed E-state index contributed by atoms with van der Waals surface area (Å²) in [6.07, 6.45) is 4.99. The molecule has 0 spiro atoms. The summed E-state index contributed by atoms with van der Waals surface area (Å²) in [6, 6.07) is 14.8. The molecule has 0 saturated carbocycles. The SMILES string of the molecule is CNCc1cccc2c1ccn2CCc1ccccn1. The summed E-state index contributed by atoms with van der Waals surface area (Å²) >= 11 is 0. The highest BCUT2D eigenvalue weighted by atomic mass is 15.0. The third-order valence-electron chi connectivity index (χ3n) is 3.61. The van der Waals surface area contributed by atoms with Crippen molar-refractivity contribution < 1.29 is 0 Å². The second-order valence-electron chi connectivity index (χ2n) is 4.96. The van der Waals surface area contributed by atoms with Gasteiger partial charge in [-0.2, -0.15) is 0 Å². The van der Waals surface area contributed by atoms with Gasteiger partial charge in [-0.1, -0.05) is 18.2 Å². The van der Waals surface area contributed by atoms with E-state index in [1.54, 1.807) is 0 Å². The van der Waals surface area contributed by atoms with Gasteiger partial charge in [0.15, 0.2) is 0 Å². The van der Waals surface area contributed by atoms with E-state index in [0.29, 0.717) is 0 Å². The van der Waals surface area contributed by atoms with Crippen LogP contribution >= 0.6 is 0 Å². The Kier molecular flexibility index (Phi) is 3.79. The van der Waals surface area contributed by atoms with Gasteiger partial charge < -0.3 is 9.88 Å². The Morgan fingerprint density at radius 2 is 2.05 bits per heavy atom. The van der Waals surface area contributed by atoms with Gasteiger partial charge in [-0.05, 0) is 36.9 Å². The number of hydrogen-bond donors (Lipinski definition) is 1. The van der Waals surface area contributed by atoms with Crippen LogP contribution in [0.2, 0.25) is 0 Å². The van der Waals surface area contributed by atoms with Gasteiger partial charge in [0.1, 0.15) is 0 Å². The molecule has 0 aliphatic carbocycles. The Hall–Kier alpha value is -2.13. The van der Waals surface area contributed by atoms with Gasteiger partial charge in [0.05, 0.1) is 0 Å². The quantitative estimate of drug-likeness (QED) is 0.768. The predicted molar refractivity (Wildman–Crippen MR) is 82.6 cm³/mol. The van der Waals surface area contributed by atoms with Crippen molar-refractivity contribution in [1.29, 1.82) is 0 Å². The zero-order valence-corrected chi connectivity index (χ0v) is 11.7. The zero-order chi connectivity index (χ0) is 13.8. The summed E-state index contributed by atoms with van der Waals surface area (Å²) < 4.78 is 2.31. The average molecular weight is 265 g/mol. The van der Waals surface area contributed by atoms with Crippen molar-refractivity contribution in [3.8, 4) is 0 Å². The van der Waals surface area contributed by atoms with Crippen LogP contribution in [0.25, 0.3) is 10.9 Å². The van der Waals surface area contributed by atoms with Gasteiger partial charge in [0.2, 0.25) is 0 Å². The Morgan fingerprint density at radius 1 is 1.10 bits per heavy atom. The summed E-state index contributed by atoms with van der Waals surface area (Å²) in [5.74, 6) is 0. The van der Waals surface area contributed by atoms with Crippen molar-refractivity contribution >= 4 is 10.9 Å². The molecule has 3 aromatic rings. The van der Waals surface area contributed by atoms with Gasteiger partial charge in [-0.15, -0.1) is 0 Å². The maximum Gasteiger partial charge on any atom is 0.0483 e. The Balaban J connectivity index is 1.84. The number of fused-ring (bicyclic) bond motifs is 1. The highest BCUT2D eigenvalue weighted by molar-refractivity contribution is 5.83. The molecule has 0 fully saturated rings. The van der Waals surface area contributed by atoms with E-state index in [1.165, 1.54) is 16.5 Å². The van der Waals surface area contributed by atoms with Crippen LogP contribution in [0.4, 0.5) is 0 Å². The van der Waals surface area contributed by atoms with Crippen LogP contribution in [0.15, 0.2) is 54.9 Å². The molecular formula is C17H19N3. The monoisotopic (exact) mass is 265 g/mol. The standard InChI is InChI=1S/C17H19N3/c1-18-13-14-5-4-7-17-16(14)9-12-20(17)11-8-15-6-2-3-10-19-15/h2-7,9-10,12,18H,8,11,13H2,1H3. The van der Waals surface area contributed by atoms with E-state index in [4.69, 9.17) is 0 Å². The smallest absolute Gasteiger partial charge is 0.0483 e. The lowest BCUT2D eigenvalue weighted by Gasteiger charge is -2.07. The minimum absolute atomic E-state index is 0.904. The largest absolute Gasteiger partial charge is 0.347 e. The van der Waals surface area contributed by atoms with Crippen LogP contribution < -0.4 is 5.32 Å². The number of aryl methyl sites for hydroxylation is 2. The average Bonchev–Trinajstić information content (AvgIpc) is 2.91. The van der Waals surface area contributed by atoms with E-state index in [0.717, 1.165) is 25.2 Å². The van der Waals surface area contributed by atoms with Crippen molar-refractivity contribution in [2.75, 3.05) is 7.05 Å². The molecule has 2 heterocycles. The minimum Gasteiger partial charge on any atom is -0.347 e. The van der Waals surface area contributed by atoms with Gasteiger partial charge in [-0.3, -0.25) is 4.98 Å². The molecule has 20 heavy (non-hydrogen) atoms. The fourth-order valence-corrected chi connectivity index (χ4v) is 2.61. The lowest BCUT2D eigenvalue weighted by atomic mass is 10.1. The third kappa shape index (κ3) is 2.58. The molecule has 3 heteroatoms. The van der Waals surface area contributed by atoms with Gasteiger partial charge in [0.25, 0.3) is 0 Å². The first-order valence-electron chi connectivity index (χ1n) is 7.00. The predicted octanol–water partition coefficient (Wildman–Crippen LogP) is 3.00. The van der Waals surface area contributed by atoms with Crippen LogP contribution in [0, 0.1) is 0 Å². The second kappa shape index (κ2) is 5.88. The molecule has 3 rings (SSSR count). The minimum atomic E-state index is 0.904. The molecule has 0 aliphatic heterocycles. The maximum atomic E-state index is 4.38. The van der Waals surface area contributed by atoms with Crippen LogP contribution in [0.5, 0.6) is 0 Å². The van der Waals surface area contributed by atoms with Crippen LogP contribution in [-0.4, -0.2) is 16.6 Å². The molecule has 0 atom stereocenters. The molecule has 0 unspecified atom stereocenters. The Bertz CT molecular complexity index is 686. The van der Waals surface area contributed by atoms with Crippen molar-refractivity contribution in [3.63, 3.8) is 0 Å². The maximum absolute atomic E-state index is 4.38. The van der Waals surface area contributed by atoms with Crippen molar-refractivity contribution in [3.05, 3.63) is 66.1 Å². The van der Waals surface area contributed by atoms with Crippen molar-refractivity contribution in [2.24, 2.45) is 0 Å². The first-order valence-corrected chi connectivity index (χ1v) is 7.00. The molecule has 1 N–H and O–H groups in total. The fourth-order valence-electron chi connectivity index (χ4n) is 2.61. The molecular weight excluding hydrogens is 246 g/mol. The number of hydrogen-bond acceptors (Lipinski definition) is 2. The van der Waals surface area contributed by atoms with E-state index in [-0.39, 0.29) is 0 Å². The second-order valence-corrected chi connectivity index (χ2v) is 4.96. The summed E-state index contributed by atoms with van der Waals surface area (Å²) in [5, 5.41) is 4.56. The molecule has 1 aromatic carbocycles. The molecule has 0 aliphatic rings. The highest BCUT2D eigenvalue weighted by Gasteiger charge is 2.05. The van der Waals surface area contributed by atoms with E-state index >= 15 is 0 Å². The molecule has 0 amide bonds. The zero-order valence-electron chi connectivity index (χ0n) is 11.7. The summed E-state index contributed by atoms with van der Waals surface area (Å²) in [5.41, 5.74) is 3.79. The molecule has 2 aromatic heterocycles. The number of pyridine rings is 1. The molecule has 3 nitrogen and oxygen atoms in total.